The maximum atomic E-state index is 11.8. The van der Waals surface area contributed by atoms with Gasteiger partial charge in [-0.25, -0.2) is 9.78 Å². The van der Waals surface area contributed by atoms with Crippen LogP contribution in [0.3, 0.4) is 0 Å². The minimum atomic E-state index is -0.893. The highest BCUT2D eigenvalue weighted by Crippen LogP contribution is 2.04. The summed E-state index contributed by atoms with van der Waals surface area (Å²) >= 11 is 0. The first kappa shape index (κ1) is 14.3. The molecule has 0 saturated carbocycles. The molecule has 0 aliphatic heterocycles. The maximum Gasteiger partial charge on any atom is 0.363 e. The van der Waals surface area contributed by atoms with Crippen LogP contribution < -0.4 is 11.2 Å². The molecule has 110 valence electrons. The van der Waals surface area contributed by atoms with Crippen LogP contribution in [0.1, 0.15) is 26.2 Å². The zero-order valence-corrected chi connectivity index (χ0v) is 11.3. The summed E-state index contributed by atoms with van der Waals surface area (Å²) in [6, 6.07) is 0. The molecule has 0 atom stereocenters. The molecule has 2 aromatic rings. The largest absolute Gasteiger partial charge is 0.421 e. The monoisotopic (exact) mass is 282 g/mol. The standard InChI is InChI=1S/C12H18N4O4/c1-2-3-6-20-7-4-5-15-8-13-10-9(15)11(17)16(19)12(18)14-10/h8,19H,2-7H2,1H3,(H,14,18). The van der Waals surface area contributed by atoms with Crippen LogP contribution in [0.25, 0.3) is 11.2 Å². The lowest BCUT2D eigenvalue weighted by Crippen LogP contribution is -2.34. The smallest absolute Gasteiger partial charge is 0.363 e. The molecule has 0 spiro atoms. The molecule has 20 heavy (non-hydrogen) atoms. The Labute approximate surface area is 114 Å². The van der Waals surface area contributed by atoms with Crippen molar-refractivity contribution < 1.29 is 9.94 Å². The predicted octanol–water partition coefficient (Wildman–Crippen LogP) is 0.330. The van der Waals surface area contributed by atoms with Crippen LogP contribution in [0.4, 0.5) is 0 Å². The Morgan fingerprint density at radius 1 is 1.35 bits per heavy atom. The molecule has 2 rings (SSSR count). The molecular formula is C12H18N4O4. The lowest BCUT2D eigenvalue weighted by molar-refractivity contribution is 0.126. The Morgan fingerprint density at radius 2 is 2.10 bits per heavy atom. The lowest BCUT2D eigenvalue weighted by Gasteiger charge is -2.05. The first-order valence-electron chi connectivity index (χ1n) is 6.62. The Hall–Kier alpha value is -2.09. The number of hydrogen-bond acceptors (Lipinski definition) is 5. The van der Waals surface area contributed by atoms with Crippen LogP contribution in [-0.4, -0.2) is 37.7 Å². The molecule has 2 heterocycles. The number of nitrogens with one attached hydrogen (secondary N) is 1. The van der Waals surface area contributed by atoms with Crippen LogP contribution in [0, 0.1) is 0 Å². The number of fused-ring (bicyclic) bond motifs is 1. The molecule has 0 amide bonds. The van der Waals surface area contributed by atoms with Crippen molar-refractivity contribution in [2.45, 2.75) is 32.7 Å². The highest BCUT2D eigenvalue weighted by Gasteiger charge is 2.12. The molecule has 0 radical (unpaired) electrons. The van der Waals surface area contributed by atoms with E-state index in [-0.39, 0.29) is 15.9 Å². The van der Waals surface area contributed by atoms with Gasteiger partial charge < -0.3 is 14.5 Å². The average molecular weight is 282 g/mol. The van der Waals surface area contributed by atoms with Gasteiger partial charge in [0, 0.05) is 19.8 Å². The topological polar surface area (TPSA) is 102 Å². The third-order valence-corrected chi connectivity index (χ3v) is 2.98. The van der Waals surface area contributed by atoms with Gasteiger partial charge in [0.2, 0.25) is 0 Å². The first-order valence-corrected chi connectivity index (χ1v) is 6.62. The van der Waals surface area contributed by atoms with E-state index in [2.05, 4.69) is 16.9 Å². The van der Waals surface area contributed by atoms with Crippen molar-refractivity contribution >= 4 is 11.2 Å². The molecule has 0 bridgehead atoms. The number of hydrogen-bond donors (Lipinski definition) is 2. The molecule has 8 heteroatoms. The summed E-state index contributed by atoms with van der Waals surface area (Å²) in [6.07, 6.45) is 4.31. The zero-order valence-electron chi connectivity index (χ0n) is 11.3. The van der Waals surface area contributed by atoms with E-state index in [4.69, 9.17) is 4.74 Å². The molecule has 0 aliphatic rings. The highest BCUT2D eigenvalue weighted by molar-refractivity contribution is 5.68. The van der Waals surface area contributed by atoms with Gasteiger partial charge in [-0.15, -0.1) is 0 Å². The highest BCUT2D eigenvalue weighted by atomic mass is 16.5. The third kappa shape index (κ3) is 2.90. The maximum absolute atomic E-state index is 11.8. The van der Waals surface area contributed by atoms with E-state index in [9.17, 15) is 14.8 Å². The molecule has 0 aliphatic carbocycles. The van der Waals surface area contributed by atoms with Gasteiger partial charge in [-0.2, -0.15) is 0 Å². The van der Waals surface area contributed by atoms with Crippen molar-refractivity contribution in [1.82, 2.24) is 19.3 Å². The van der Waals surface area contributed by atoms with Gasteiger partial charge in [0.25, 0.3) is 0 Å². The van der Waals surface area contributed by atoms with Gasteiger partial charge >= 0.3 is 11.2 Å². The summed E-state index contributed by atoms with van der Waals surface area (Å²) in [7, 11) is 0. The van der Waals surface area contributed by atoms with Crippen molar-refractivity contribution in [2.24, 2.45) is 0 Å². The SMILES string of the molecule is CCCCOCCCn1cnc2[nH]c(=O)n(O)c(=O)c21. The molecule has 2 N–H and O–H groups in total. The van der Waals surface area contributed by atoms with Gasteiger partial charge in [-0.1, -0.05) is 18.1 Å². The number of ether oxygens (including phenoxy) is 1. The van der Waals surface area contributed by atoms with Crippen LogP contribution >= 0.6 is 0 Å². The van der Waals surface area contributed by atoms with Gasteiger partial charge in [0.1, 0.15) is 0 Å². The molecule has 0 unspecified atom stereocenters. The van der Waals surface area contributed by atoms with Crippen molar-refractivity contribution in [3.63, 3.8) is 0 Å². The van der Waals surface area contributed by atoms with Crippen molar-refractivity contribution in [2.75, 3.05) is 13.2 Å². The van der Waals surface area contributed by atoms with E-state index in [1.807, 2.05) is 0 Å². The van der Waals surface area contributed by atoms with E-state index in [1.165, 1.54) is 6.33 Å². The fraction of sp³-hybridized carbons (Fsp3) is 0.583. The van der Waals surface area contributed by atoms with Crippen LogP contribution in [0.2, 0.25) is 0 Å². The van der Waals surface area contributed by atoms with Crippen LogP contribution in [-0.2, 0) is 11.3 Å². The van der Waals surface area contributed by atoms with E-state index >= 15 is 0 Å². The van der Waals surface area contributed by atoms with Crippen LogP contribution in [0.5, 0.6) is 0 Å². The van der Waals surface area contributed by atoms with Gasteiger partial charge in [-0.3, -0.25) is 9.78 Å². The molecule has 0 fully saturated rings. The fourth-order valence-corrected chi connectivity index (χ4v) is 1.90. The molecular weight excluding hydrogens is 264 g/mol. The Morgan fingerprint density at radius 3 is 2.85 bits per heavy atom. The summed E-state index contributed by atoms with van der Waals surface area (Å²) in [5.74, 6) is 0. The summed E-state index contributed by atoms with van der Waals surface area (Å²) in [6.45, 7) is 3.96. The van der Waals surface area contributed by atoms with E-state index in [1.54, 1.807) is 4.57 Å². The number of rotatable bonds is 7. The second-order valence-corrected chi connectivity index (χ2v) is 4.50. The predicted molar refractivity (Wildman–Crippen MR) is 72.1 cm³/mol. The molecule has 0 saturated heterocycles. The molecule has 8 nitrogen and oxygen atoms in total. The van der Waals surface area contributed by atoms with Gasteiger partial charge in [0.15, 0.2) is 11.2 Å². The average Bonchev–Trinajstić information content (AvgIpc) is 2.83. The Kier molecular flexibility index (Phi) is 4.57. The fourth-order valence-electron chi connectivity index (χ4n) is 1.90. The molecule has 2 aromatic heterocycles. The molecule has 0 aromatic carbocycles. The van der Waals surface area contributed by atoms with Crippen molar-refractivity contribution in [3.05, 3.63) is 27.2 Å². The van der Waals surface area contributed by atoms with Crippen molar-refractivity contribution in [1.29, 1.82) is 0 Å². The van der Waals surface area contributed by atoms with E-state index in [0.717, 1.165) is 25.9 Å². The zero-order chi connectivity index (χ0) is 14.5. The Bertz CT molecular complexity index is 685. The summed E-state index contributed by atoms with van der Waals surface area (Å²) < 4.78 is 7.09. The Balaban J connectivity index is 2.06. The van der Waals surface area contributed by atoms with Crippen molar-refractivity contribution in [3.8, 4) is 0 Å². The lowest BCUT2D eigenvalue weighted by atomic mass is 10.3. The number of aryl methyl sites for hydroxylation is 1. The van der Waals surface area contributed by atoms with Gasteiger partial charge in [0.05, 0.1) is 6.33 Å². The minimum absolute atomic E-state index is 0.0538. The minimum Gasteiger partial charge on any atom is -0.421 e. The van der Waals surface area contributed by atoms with E-state index in [0.29, 0.717) is 13.2 Å². The van der Waals surface area contributed by atoms with Crippen LogP contribution in [0.15, 0.2) is 15.9 Å². The summed E-state index contributed by atoms with van der Waals surface area (Å²) in [5, 5.41) is 9.31. The third-order valence-electron chi connectivity index (χ3n) is 2.98. The summed E-state index contributed by atoms with van der Waals surface area (Å²) in [5.41, 5.74) is -1.30. The first-order chi connectivity index (χ1) is 9.65. The number of H-pyrrole nitrogens is 1. The second kappa shape index (κ2) is 6.38. The number of aromatic amines is 1. The number of unbranched alkanes of at least 4 members (excludes halogenated alkanes) is 1. The number of imidazole rings is 1. The number of nitrogens with zero attached hydrogens (tertiary/aromatic N) is 3. The quantitative estimate of drug-likeness (QED) is 0.563. The second-order valence-electron chi connectivity index (χ2n) is 4.50. The normalized spacial score (nSPS) is 11.2. The number of aromatic nitrogens is 4. The van der Waals surface area contributed by atoms with E-state index < -0.39 is 11.2 Å². The summed E-state index contributed by atoms with van der Waals surface area (Å²) in [4.78, 5) is 29.3. The van der Waals surface area contributed by atoms with Gasteiger partial charge in [-0.05, 0) is 12.8 Å².